The standard InChI is InChI=1S/C15H22N2O2/c18-15(14-5-2-1-3-6-14)13-16-7-4-8-17-9-11-19-12-10-17/h1-3,5-6,16H,4,7-13H2. The molecule has 19 heavy (non-hydrogen) atoms. The van der Waals surface area contributed by atoms with E-state index < -0.39 is 0 Å². The molecule has 0 radical (unpaired) electrons. The first-order chi connectivity index (χ1) is 9.36. The summed E-state index contributed by atoms with van der Waals surface area (Å²) in [7, 11) is 0. The van der Waals surface area contributed by atoms with Crippen molar-refractivity contribution in [1.82, 2.24) is 10.2 Å². The highest BCUT2D eigenvalue weighted by atomic mass is 16.5. The fourth-order valence-electron chi connectivity index (χ4n) is 2.18. The van der Waals surface area contributed by atoms with Crippen molar-refractivity contribution in [1.29, 1.82) is 0 Å². The number of hydrogen-bond acceptors (Lipinski definition) is 4. The van der Waals surface area contributed by atoms with E-state index in [1.165, 1.54) is 0 Å². The number of benzene rings is 1. The molecule has 4 nitrogen and oxygen atoms in total. The van der Waals surface area contributed by atoms with Crippen molar-refractivity contribution in [2.75, 3.05) is 45.9 Å². The van der Waals surface area contributed by atoms with E-state index in [1.54, 1.807) is 0 Å². The Morgan fingerprint density at radius 2 is 1.95 bits per heavy atom. The topological polar surface area (TPSA) is 41.6 Å². The van der Waals surface area contributed by atoms with Gasteiger partial charge in [0, 0.05) is 18.7 Å². The highest BCUT2D eigenvalue weighted by molar-refractivity contribution is 5.97. The summed E-state index contributed by atoms with van der Waals surface area (Å²) in [6.45, 7) is 6.14. The quantitative estimate of drug-likeness (QED) is 0.592. The molecule has 1 N–H and O–H groups in total. The Balaban J connectivity index is 1.55. The largest absolute Gasteiger partial charge is 0.379 e. The van der Waals surface area contributed by atoms with Crippen LogP contribution in [0.5, 0.6) is 0 Å². The molecule has 4 heteroatoms. The maximum Gasteiger partial charge on any atom is 0.176 e. The Hall–Kier alpha value is -1.23. The first-order valence-electron chi connectivity index (χ1n) is 6.95. The van der Waals surface area contributed by atoms with Crippen LogP contribution in [0.1, 0.15) is 16.8 Å². The first-order valence-corrected chi connectivity index (χ1v) is 6.95. The van der Waals surface area contributed by atoms with E-state index >= 15 is 0 Å². The molecule has 1 aromatic rings. The van der Waals surface area contributed by atoms with Crippen molar-refractivity contribution < 1.29 is 9.53 Å². The molecule has 1 saturated heterocycles. The second kappa shape index (κ2) is 8.04. The predicted molar refractivity (Wildman–Crippen MR) is 75.5 cm³/mol. The van der Waals surface area contributed by atoms with Crippen molar-refractivity contribution in [3.05, 3.63) is 35.9 Å². The summed E-state index contributed by atoms with van der Waals surface area (Å²) < 4.78 is 5.31. The van der Waals surface area contributed by atoms with Gasteiger partial charge in [-0.05, 0) is 19.5 Å². The average molecular weight is 262 g/mol. The van der Waals surface area contributed by atoms with E-state index in [0.29, 0.717) is 6.54 Å². The molecule has 0 aromatic heterocycles. The number of ketones is 1. The molecule has 1 fully saturated rings. The van der Waals surface area contributed by atoms with Gasteiger partial charge in [-0.1, -0.05) is 30.3 Å². The van der Waals surface area contributed by atoms with Gasteiger partial charge in [-0.3, -0.25) is 9.69 Å². The number of morpholine rings is 1. The van der Waals surface area contributed by atoms with E-state index in [4.69, 9.17) is 4.74 Å². The van der Waals surface area contributed by atoms with Crippen LogP contribution in [0.15, 0.2) is 30.3 Å². The number of Topliss-reactive ketones (excluding diaryl/α,β-unsaturated/α-hetero) is 1. The lowest BCUT2D eigenvalue weighted by atomic mass is 10.1. The zero-order chi connectivity index (χ0) is 13.3. The van der Waals surface area contributed by atoms with Crippen LogP contribution in [0.3, 0.4) is 0 Å². The normalized spacial score (nSPS) is 16.4. The predicted octanol–water partition coefficient (Wildman–Crippen LogP) is 1.18. The number of ether oxygens (including phenoxy) is 1. The van der Waals surface area contributed by atoms with Crippen LogP contribution in [0.25, 0.3) is 0 Å². The van der Waals surface area contributed by atoms with Crippen molar-refractivity contribution in [2.24, 2.45) is 0 Å². The maximum atomic E-state index is 11.8. The van der Waals surface area contributed by atoms with Gasteiger partial charge in [-0.15, -0.1) is 0 Å². The molecule has 1 aromatic carbocycles. The van der Waals surface area contributed by atoms with Crippen LogP contribution in [0.2, 0.25) is 0 Å². The molecule has 104 valence electrons. The number of carbonyl (C=O) groups is 1. The van der Waals surface area contributed by atoms with Gasteiger partial charge in [0.2, 0.25) is 0 Å². The monoisotopic (exact) mass is 262 g/mol. The fraction of sp³-hybridized carbons (Fsp3) is 0.533. The molecule has 1 heterocycles. The lowest BCUT2D eigenvalue weighted by Gasteiger charge is -2.26. The molecule has 0 amide bonds. The molecule has 0 spiro atoms. The van der Waals surface area contributed by atoms with E-state index in [9.17, 15) is 4.79 Å². The SMILES string of the molecule is O=C(CNCCCN1CCOCC1)c1ccccc1. The van der Waals surface area contributed by atoms with Gasteiger partial charge in [-0.2, -0.15) is 0 Å². The molecule has 2 rings (SSSR count). The Bertz CT molecular complexity index is 375. The van der Waals surface area contributed by atoms with E-state index in [1.807, 2.05) is 30.3 Å². The second-order valence-corrected chi connectivity index (χ2v) is 4.77. The van der Waals surface area contributed by atoms with Crippen LogP contribution in [-0.2, 0) is 4.74 Å². The summed E-state index contributed by atoms with van der Waals surface area (Å²) in [6.07, 6.45) is 1.07. The Kier molecular flexibility index (Phi) is 6.01. The van der Waals surface area contributed by atoms with Crippen molar-refractivity contribution in [2.45, 2.75) is 6.42 Å². The summed E-state index contributed by atoms with van der Waals surface area (Å²) in [5.74, 6) is 0.159. The molecule has 0 bridgehead atoms. The number of nitrogens with one attached hydrogen (secondary N) is 1. The lowest BCUT2D eigenvalue weighted by molar-refractivity contribution is 0.0375. The van der Waals surface area contributed by atoms with Crippen molar-refractivity contribution in [3.63, 3.8) is 0 Å². The van der Waals surface area contributed by atoms with E-state index in [2.05, 4.69) is 10.2 Å². The second-order valence-electron chi connectivity index (χ2n) is 4.77. The Morgan fingerprint density at radius 3 is 2.68 bits per heavy atom. The number of hydrogen-bond donors (Lipinski definition) is 1. The summed E-state index contributed by atoms with van der Waals surface area (Å²) in [5.41, 5.74) is 0.781. The third kappa shape index (κ3) is 5.11. The molecule has 0 atom stereocenters. The van der Waals surface area contributed by atoms with Crippen LogP contribution < -0.4 is 5.32 Å². The van der Waals surface area contributed by atoms with Gasteiger partial charge in [0.1, 0.15) is 0 Å². The fourth-order valence-corrected chi connectivity index (χ4v) is 2.18. The lowest BCUT2D eigenvalue weighted by Crippen LogP contribution is -2.38. The van der Waals surface area contributed by atoms with E-state index in [0.717, 1.165) is 51.4 Å². The minimum absolute atomic E-state index is 0.159. The summed E-state index contributed by atoms with van der Waals surface area (Å²) in [5, 5.41) is 3.22. The Morgan fingerprint density at radius 1 is 1.21 bits per heavy atom. The number of rotatable bonds is 7. The minimum Gasteiger partial charge on any atom is -0.379 e. The van der Waals surface area contributed by atoms with Crippen LogP contribution in [0.4, 0.5) is 0 Å². The molecule has 0 aliphatic carbocycles. The van der Waals surface area contributed by atoms with Crippen molar-refractivity contribution >= 4 is 5.78 Å². The summed E-state index contributed by atoms with van der Waals surface area (Å²) in [4.78, 5) is 14.2. The smallest absolute Gasteiger partial charge is 0.176 e. The van der Waals surface area contributed by atoms with Gasteiger partial charge in [-0.25, -0.2) is 0 Å². The van der Waals surface area contributed by atoms with Gasteiger partial charge < -0.3 is 10.1 Å². The Labute approximate surface area is 114 Å². The minimum atomic E-state index is 0.159. The zero-order valence-electron chi connectivity index (χ0n) is 11.3. The third-order valence-electron chi connectivity index (χ3n) is 3.31. The highest BCUT2D eigenvalue weighted by Gasteiger charge is 2.09. The molecular formula is C15H22N2O2. The van der Waals surface area contributed by atoms with Gasteiger partial charge in [0.05, 0.1) is 19.8 Å². The van der Waals surface area contributed by atoms with Crippen molar-refractivity contribution in [3.8, 4) is 0 Å². The highest BCUT2D eigenvalue weighted by Crippen LogP contribution is 1.99. The molecular weight excluding hydrogens is 240 g/mol. The zero-order valence-corrected chi connectivity index (χ0v) is 11.3. The summed E-state index contributed by atoms with van der Waals surface area (Å²) >= 11 is 0. The third-order valence-corrected chi connectivity index (χ3v) is 3.31. The van der Waals surface area contributed by atoms with Crippen LogP contribution >= 0.6 is 0 Å². The van der Waals surface area contributed by atoms with Crippen LogP contribution in [-0.4, -0.2) is 56.6 Å². The van der Waals surface area contributed by atoms with Gasteiger partial charge in [0.15, 0.2) is 5.78 Å². The molecule has 1 aliphatic rings. The molecule has 0 saturated carbocycles. The number of nitrogens with zero attached hydrogens (tertiary/aromatic N) is 1. The first kappa shape index (κ1) is 14.2. The maximum absolute atomic E-state index is 11.8. The van der Waals surface area contributed by atoms with Gasteiger partial charge in [0.25, 0.3) is 0 Å². The van der Waals surface area contributed by atoms with Crippen LogP contribution in [0, 0.1) is 0 Å². The summed E-state index contributed by atoms with van der Waals surface area (Å²) in [6, 6.07) is 9.43. The van der Waals surface area contributed by atoms with E-state index in [-0.39, 0.29) is 5.78 Å². The molecule has 1 aliphatic heterocycles. The molecule has 0 unspecified atom stereocenters. The average Bonchev–Trinajstić information content (AvgIpc) is 2.49. The number of carbonyl (C=O) groups excluding carboxylic acids is 1. The van der Waals surface area contributed by atoms with Gasteiger partial charge >= 0.3 is 0 Å².